The molecule has 1 atom stereocenters. The summed E-state index contributed by atoms with van der Waals surface area (Å²) in [5, 5.41) is 2.84. The van der Waals surface area contributed by atoms with E-state index in [1.807, 2.05) is 24.3 Å². The maximum atomic E-state index is 12.2. The summed E-state index contributed by atoms with van der Waals surface area (Å²) >= 11 is 0. The third kappa shape index (κ3) is 4.88. The standard InChI is InChI=1S/C18H26N2O4/c1-13(2)11-20-12-14(10-17(20)21)18(22)19-8-9-24-16-7-5-4-6-15(16)23-3/h4-7,13-14H,8-12H2,1-3H3,(H,19,22). The topological polar surface area (TPSA) is 67.9 Å². The van der Waals surface area contributed by atoms with E-state index < -0.39 is 0 Å². The Morgan fingerprint density at radius 2 is 2.04 bits per heavy atom. The second-order valence-electron chi connectivity index (χ2n) is 6.38. The molecule has 1 aliphatic heterocycles. The van der Waals surface area contributed by atoms with Gasteiger partial charge in [0.2, 0.25) is 11.8 Å². The largest absolute Gasteiger partial charge is 0.493 e. The maximum absolute atomic E-state index is 12.2. The highest BCUT2D eigenvalue weighted by molar-refractivity contribution is 5.89. The SMILES string of the molecule is COc1ccccc1OCCNC(=O)C1CC(=O)N(CC(C)C)C1. The maximum Gasteiger partial charge on any atom is 0.225 e. The normalized spacial score (nSPS) is 17.2. The molecule has 1 N–H and O–H groups in total. The van der Waals surface area contributed by atoms with Crippen LogP contribution in [0.1, 0.15) is 20.3 Å². The molecule has 0 spiro atoms. The molecule has 1 heterocycles. The molecule has 0 saturated carbocycles. The number of nitrogens with zero attached hydrogens (tertiary/aromatic N) is 1. The second-order valence-corrected chi connectivity index (χ2v) is 6.38. The first-order valence-electron chi connectivity index (χ1n) is 8.32. The van der Waals surface area contributed by atoms with Gasteiger partial charge in [0.05, 0.1) is 19.6 Å². The van der Waals surface area contributed by atoms with Crippen LogP contribution in [0.4, 0.5) is 0 Å². The smallest absolute Gasteiger partial charge is 0.225 e. The zero-order valence-electron chi connectivity index (χ0n) is 14.6. The van der Waals surface area contributed by atoms with Crippen molar-refractivity contribution in [3.05, 3.63) is 24.3 Å². The molecule has 0 aromatic heterocycles. The summed E-state index contributed by atoms with van der Waals surface area (Å²) < 4.78 is 10.8. The molecule has 2 amide bonds. The summed E-state index contributed by atoms with van der Waals surface area (Å²) in [6.45, 7) is 6.09. The van der Waals surface area contributed by atoms with Gasteiger partial charge in [0.15, 0.2) is 11.5 Å². The minimum absolute atomic E-state index is 0.0640. The van der Waals surface area contributed by atoms with Crippen molar-refractivity contribution >= 4 is 11.8 Å². The molecular weight excluding hydrogens is 308 g/mol. The van der Waals surface area contributed by atoms with Gasteiger partial charge in [-0.15, -0.1) is 0 Å². The molecule has 2 rings (SSSR count). The minimum Gasteiger partial charge on any atom is -0.493 e. The number of carbonyl (C=O) groups excluding carboxylic acids is 2. The van der Waals surface area contributed by atoms with Crippen molar-refractivity contribution < 1.29 is 19.1 Å². The Balaban J connectivity index is 1.73. The van der Waals surface area contributed by atoms with Crippen molar-refractivity contribution in [1.29, 1.82) is 0 Å². The van der Waals surface area contributed by atoms with Crippen LogP contribution in [-0.2, 0) is 9.59 Å². The molecule has 1 aromatic rings. The summed E-state index contributed by atoms with van der Waals surface area (Å²) in [6, 6.07) is 7.37. The zero-order valence-corrected chi connectivity index (χ0v) is 14.6. The molecule has 1 fully saturated rings. The highest BCUT2D eigenvalue weighted by Crippen LogP contribution is 2.25. The first-order valence-corrected chi connectivity index (χ1v) is 8.32. The van der Waals surface area contributed by atoms with Gasteiger partial charge in [0.25, 0.3) is 0 Å². The van der Waals surface area contributed by atoms with Crippen LogP contribution in [0.3, 0.4) is 0 Å². The van der Waals surface area contributed by atoms with Crippen LogP contribution in [0.15, 0.2) is 24.3 Å². The molecule has 1 unspecified atom stereocenters. The zero-order chi connectivity index (χ0) is 17.5. The fourth-order valence-corrected chi connectivity index (χ4v) is 2.78. The third-order valence-electron chi connectivity index (χ3n) is 3.90. The number of rotatable bonds is 8. The van der Waals surface area contributed by atoms with Gasteiger partial charge in [-0.3, -0.25) is 9.59 Å². The van der Waals surface area contributed by atoms with Crippen molar-refractivity contribution in [3.63, 3.8) is 0 Å². The van der Waals surface area contributed by atoms with Gasteiger partial charge < -0.3 is 19.7 Å². The third-order valence-corrected chi connectivity index (χ3v) is 3.90. The van der Waals surface area contributed by atoms with Gasteiger partial charge in [0, 0.05) is 19.5 Å². The average Bonchev–Trinajstić information content (AvgIpc) is 2.92. The summed E-state index contributed by atoms with van der Waals surface area (Å²) in [7, 11) is 1.59. The fourth-order valence-electron chi connectivity index (χ4n) is 2.78. The van der Waals surface area contributed by atoms with Crippen molar-refractivity contribution in [1.82, 2.24) is 10.2 Å². The molecule has 0 radical (unpaired) electrons. The van der Waals surface area contributed by atoms with Crippen LogP contribution in [0.25, 0.3) is 0 Å². The van der Waals surface area contributed by atoms with Crippen molar-refractivity contribution in [3.8, 4) is 11.5 Å². The number of amides is 2. The van der Waals surface area contributed by atoms with Crippen LogP contribution in [-0.4, -0.2) is 50.1 Å². The number of carbonyl (C=O) groups is 2. The van der Waals surface area contributed by atoms with Crippen molar-refractivity contribution in [2.75, 3.05) is 33.4 Å². The van der Waals surface area contributed by atoms with Crippen LogP contribution in [0, 0.1) is 11.8 Å². The summed E-state index contributed by atoms with van der Waals surface area (Å²) in [5.74, 6) is 1.43. The molecule has 6 nitrogen and oxygen atoms in total. The Hall–Kier alpha value is -2.24. The van der Waals surface area contributed by atoms with E-state index in [0.717, 1.165) is 0 Å². The quantitative estimate of drug-likeness (QED) is 0.735. The monoisotopic (exact) mass is 334 g/mol. The molecule has 0 aliphatic carbocycles. The highest BCUT2D eigenvalue weighted by atomic mass is 16.5. The minimum atomic E-state index is -0.262. The van der Waals surface area contributed by atoms with E-state index in [1.54, 1.807) is 12.0 Å². The summed E-state index contributed by atoms with van der Waals surface area (Å²) in [5.41, 5.74) is 0. The number of nitrogens with one attached hydrogen (secondary N) is 1. The number of hydrogen-bond donors (Lipinski definition) is 1. The lowest BCUT2D eigenvalue weighted by Crippen LogP contribution is -2.35. The number of benzene rings is 1. The lowest BCUT2D eigenvalue weighted by Gasteiger charge is -2.18. The predicted octanol–water partition coefficient (Wildman–Crippen LogP) is 1.69. The van der Waals surface area contributed by atoms with Crippen LogP contribution >= 0.6 is 0 Å². The van der Waals surface area contributed by atoms with Gasteiger partial charge >= 0.3 is 0 Å². The summed E-state index contributed by atoms with van der Waals surface area (Å²) in [4.78, 5) is 25.9. The van der Waals surface area contributed by atoms with E-state index in [1.165, 1.54) is 0 Å². The fraction of sp³-hybridized carbons (Fsp3) is 0.556. The Kier molecular flexibility index (Phi) is 6.46. The first-order chi connectivity index (χ1) is 11.5. The van der Waals surface area contributed by atoms with Crippen LogP contribution in [0.2, 0.25) is 0 Å². The molecule has 0 bridgehead atoms. The van der Waals surface area contributed by atoms with Crippen molar-refractivity contribution in [2.45, 2.75) is 20.3 Å². The first kappa shape index (κ1) is 18.1. The Morgan fingerprint density at radius 3 is 2.71 bits per heavy atom. The predicted molar refractivity (Wildman–Crippen MR) is 91.0 cm³/mol. The molecule has 132 valence electrons. The molecule has 1 aliphatic rings. The van der Waals surface area contributed by atoms with E-state index in [-0.39, 0.29) is 17.7 Å². The van der Waals surface area contributed by atoms with E-state index in [0.29, 0.717) is 50.1 Å². The molecular formula is C18H26N2O4. The number of ether oxygens (including phenoxy) is 2. The van der Waals surface area contributed by atoms with Gasteiger partial charge in [-0.25, -0.2) is 0 Å². The van der Waals surface area contributed by atoms with E-state index >= 15 is 0 Å². The van der Waals surface area contributed by atoms with Gasteiger partial charge in [-0.1, -0.05) is 26.0 Å². The number of para-hydroxylation sites is 2. The number of hydrogen-bond acceptors (Lipinski definition) is 4. The molecule has 1 aromatic carbocycles. The highest BCUT2D eigenvalue weighted by Gasteiger charge is 2.34. The van der Waals surface area contributed by atoms with Crippen LogP contribution < -0.4 is 14.8 Å². The molecule has 1 saturated heterocycles. The van der Waals surface area contributed by atoms with E-state index in [9.17, 15) is 9.59 Å². The Labute approximate surface area is 143 Å². The van der Waals surface area contributed by atoms with E-state index in [4.69, 9.17) is 9.47 Å². The van der Waals surface area contributed by atoms with Gasteiger partial charge in [0.1, 0.15) is 6.61 Å². The average molecular weight is 334 g/mol. The lowest BCUT2D eigenvalue weighted by molar-refractivity contribution is -0.129. The Morgan fingerprint density at radius 1 is 1.33 bits per heavy atom. The van der Waals surface area contributed by atoms with E-state index in [2.05, 4.69) is 19.2 Å². The molecule has 24 heavy (non-hydrogen) atoms. The van der Waals surface area contributed by atoms with Gasteiger partial charge in [-0.2, -0.15) is 0 Å². The Bertz CT molecular complexity index is 574. The van der Waals surface area contributed by atoms with Crippen molar-refractivity contribution in [2.24, 2.45) is 11.8 Å². The lowest BCUT2D eigenvalue weighted by atomic mass is 10.1. The summed E-state index contributed by atoms with van der Waals surface area (Å²) in [6.07, 6.45) is 0.298. The molecule has 6 heteroatoms. The second kappa shape index (κ2) is 8.57. The number of likely N-dealkylation sites (tertiary alicyclic amines) is 1. The van der Waals surface area contributed by atoms with Crippen LogP contribution in [0.5, 0.6) is 11.5 Å². The van der Waals surface area contributed by atoms with Gasteiger partial charge in [-0.05, 0) is 18.1 Å². The number of methoxy groups -OCH3 is 1.